The summed E-state index contributed by atoms with van der Waals surface area (Å²) in [5, 5.41) is 0. The summed E-state index contributed by atoms with van der Waals surface area (Å²) < 4.78 is 31.7. The van der Waals surface area contributed by atoms with Crippen LogP contribution in [0.25, 0.3) is 0 Å². The molecule has 0 radical (unpaired) electrons. The van der Waals surface area contributed by atoms with Crippen molar-refractivity contribution in [1.29, 1.82) is 0 Å². The monoisotopic (exact) mass is 433 g/mol. The van der Waals surface area contributed by atoms with Gasteiger partial charge >= 0.3 is 0 Å². The standard InChI is InChI=1S/C21H27N3O5S/c1-21(2,3)16-7-5-15(6-8-16)20(26)24-23-19(25)13-14-22-30(27,28)18-11-9-17(29-4)10-12-18/h5-12,22H,13-14H2,1-4H3,(H,23,25)(H,24,26). The summed E-state index contributed by atoms with van der Waals surface area (Å²) in [5.74, 6) is -0.438. The van der Waals surface area contributed by atoms with E-state index in [1.54, 1.807) is 12.1 Å². The molecule has 2 aromatic rings. The van der Waals surface area contributed by atoms with E-state index in [2.05, 4.69) is 36.3 Å². The van der Waals surface area contributed by atoms with Gasteiger partial charge in [-0.05, 0) is 47.4 Å². The lowest BCUT2D eigenvalue weighted by molar-refractivity contribution is -0.121. The second-order valence-corrected chi connectivity index (χ2v) is 9.42. The molecule has 9 heteroatoms. The molecule has 0 aliphatic heterocycles. The van der Waals surface area contributed by atoms with Crippen molar-refractivity contribution in [3.05, 3.63) is 59.7 Å². The molecule has 2 rings (SSSR count). The van der Waals surface area contributed by atoms with Crippen molar-refractivity contribution >= 4 is 21.8 Å². The van der Waals surface area contributed by atoms with Gasteiger partial charge in [-0.1, -0.05) is 32.9 Å². The number of hydrogen-bond acceptors (Lipinski definition) is 5. The lowest BCUT2D eigenvalue weighted by atomic mass is 9.87. The number of rotatable bonds is 7. The van der Waals surface area contributed by atoms with Gasteiger partial charge in [0.15, 0.2) is 0 Å². The van der Waals surface area contributed by atoms with Gasteiger partial charge in [-0.25, -0.2) is 13.1 Å². The number of sulfonamides is 1. The number of hydrazine groups is 1. The average molecular weight is 434 g/mol. The summed E-state index contributed by atoms with van der Waals surface area (Å²) in [4.78, 5) is 24.1. The Morgan fingerprint density at radius 3 is 2.07 bits per heavy atom. The van der Waals surface area contributed by atoms with Crippen LogP contribution >= 0.6 is 0 Å². The third-order valence-electron chi connectivity index (χ3n) is 4.34. The predicted molar refractivity (Wildman–Crippen MR) is 114 cm³/mol. The maximum absolute atomic E-state index is 12.2. The molecule has 0 aromatic heterocycles. The zero-order valence-corrected chi connectivity index (χ0v) is 18.3. The SMILES string of the molecule is COc1ccc(S(=O)(=O)NCCC(=O)NNC(=O)c2ccc(C(C)(C)C)cc2)cc1. The Balaban J connectivity index is 1.79. The Labute approximate surface area is 177 Å². The minimum Gasteiger partial charge on any atom is -0.497 e. The van der Waals surface area contributed by atoms with E-state index in [9.17, 15) is 18.0 Å². The quantitative estimate of drug-likeness (QED) is 0.579. The number of nitrogens with one attached hydrogen (secondary N) is 3. The van der Waals surface area contributed by atoms with Gasteiger partial charge in [0.25, 0.3) is 5.91 Å². The van der Waals surface area contributed by atoms with Gasteiger partial charge in [-0.15, -0.1) is 0 Å². The lowest BCUT2D eigenvalue weighted by Gasteiger charge is -2.19. The Bertz CT molecular complexity index is 979. The fourth-order valence-electron chi connectivity index (χ4n) is 2.52. The van der Waals surface area contributed by atoms with E-state index in [1.165, 1.54) is 31.4 Å². The van der Waals surface area contributed by atoms with E-state index < -0.39 is 21.8 Å². The summed E-state index contributed by atoms with van der Waals surface area (Å²) >= 11 is 0. The third kappa shape index (κ3) is 6.57. The van der Waals surface area contributed by atoms with Crippen LogP contribution in [0.2, 0.25) is 0 Å². The highest BCUT2D eigenvalue weighted by Gasteiger charge is 2.16. The van der Waals surface area contributed by atoms with Crippen molar-refractivity contribution in [2.24, 2.45) is 0 Å². The smallest absolute Gasteiger partial charge is 0.269 e. The van der Waals surface area contributed by atoms with Crippen LogP contribution in [0.1, 0.15) is 43.1 Å². The first-order valence-electron chi connectivity index (χ1n) is 9.36. The number of carbonyl (C=O) groups is 2. The van der Waals surface area contributed by atoms with E-state index in [-0.39, 0.29) is 23.3 Å². The first-order valence-corrected chi connectivity index (χ1v) is 10.8. The Morgan fingerprint density at radius 2 is 1.53 bits per heavy atom. The molecule has 2 aromatic carbocycles. The van der Waals surface area contributed by atoms with Crippen LogP contribution < -0.4 is 20.3 Å². The van der Waals surface area contributed by atoms with Crippen molar-refractivity contribution in [3.8, 4) is 5.75 Å². The number of benzene rings is 2. The van der Waals surface area contributed by atoms with E-state index in [0.29, 0.717) is 11.3 Å². The highest BCUT2D eigenvalue weighted by molar-refractivity contribution is 7.89. The molecule has 8 nitrogen and oxygen atoms in total. The largest absolute Gasteiger partial charge is 0.497 e. The molecule has 0 saturated heterocycles. The number of ether oxygens (including phenoxy) is 1. The van der Waals surface area contributed by atoms with Crippen molar-refractivity contribution < 1.29 is 22.7 Å². The molecule has 0 saturated carbocycles. The van der Waals surface area contributed by atoms with Gasteiger partial charge < -0.3 is 4.74 Å². The van der Waals surface area contributed by atoms with Crippen LogP contribution in [0.15, 0.2) is 53.4 Å². The Hall–Kier alpha value is -2.91. The van der Waals surface area contributed by atoms with Crippen LogP contribution in [0.3, 0.4) is 0 Å². The highest BCUT2D eigenvalue weighted by atomic mass is 32.2. The molecule has 3 N–H and O–H groups in total. The molecule has 162 valence electrons. The van der Waals surface area contributed by atoms with Crippen LogP contribution in [-0.2, 0) is 20.2 Å². The van der Waals surface area contributed by atoms with Crippen molar-refractivity contribution in [2.45, 2.75) is 37.5 Å². The highest BCUT2D eigenvalue weighted by Crippen LogP contribution is 2.22. The molecule has 0 bridgehead atoms. The van der Waals surface area contributed by atoms with Gasteiger partial charge in [0, 0.05) is 18.5 Å². The molecule has 0 spiro atoms. The normalized spacial score (nSPS) is 11.6. The summed E-state index contributed by atoms with van der Waals surface area (Å²) in [6.07, 6.45) is -0.140. The summed E-state index contributed by atoms with van der Waals surface area (Å²) in [7, 11) is -2.26. The number of methoxy groups -OCH3 is 1. The zero-order chi connectivity index (χ0) is 22.4. The first kappa shape index (κ1) is 23.4. The van der Waals surface area contributed by atoms with Crippen LogP contribution in [0, 0.1) is 0 Å². The third-order valence-corrected chi connectivity index (χ3v) is 5.82. The zero-order valence-electron chi connectivity index (χ0n) is 17.5. The maximum atomic E-state index is 12.2. The van der Waals surface area contributed by atoms with E-state index in [4.69, 9.17) is 4.74 Å². The maximum Gasteiger partial charge on any atom is 0.269 e. The van der Waals surface area contributed by atoms with Crippen molar-refractivity contribution in [2.75, 3.05) is 13.7 Å². The van der Waals surface area contributed by atoms with Gasteiger partial charge in [0.2, 0.25) is 15.9 Å². The lowest BCUT2D eigenvalue weighted by Crippen LogP contribution is -2.42. The van der Waals surface area contributed by atoms with Crippen molar-refractivity contribution in [3.63, 3.8) is 0 Å². The second kappa shape index (κ2) is 9.73. The van der Waals surface area contributed by atoms with Gasteiger partial charge in [0.05, 0.1) is 12.0 Å². The van der Waals surface area contributed by atoms with E-state index >= 15 is 0 Å². The Kier molecular flexibility index (Phi) is 7.58. The van der Waals surface area contributed by atoms with Gasteiger partial charge in [-0.2, -0.15) is 0 Å². The van der Waals surface area contributed by atoms with E-state index in [1.807, 2.05) is 12.1 Å². The minimum absolute atomic E-state index is 0.0254. The molecular formula is C21H27N3O5S. The molecule has 0 fully saturated rings. The molecule has 30 heavy (non-hydrogen) atoms. The molecule has 0 aliphatic rings. The fraction of sp³-hybridized carbons (Fsp3) is 0.333. The van der Waals surface area contributed by atoms with Crippen molar-refractivity contribution in [1.82, 2.24) is 15.6 Å². The molecular weight excluding hydrogens is 406 g/mol. The molecule has 2 amide bonds. The number of amides is 2. The number of hydrogen-bond donors (Lipinski definition) is 3. The Morgan fingerprint density at radius 1 is 0.933 bits per heavy atom. The molecule has 0 aliphatic carbocycles. The molecule has 0 atom stereocenters. The topological polar surface area (TPSA) is 114 Å². The van der Waals surface area contributed by atoms with Crippen LogP contribution in [0.4, 0.5) is 0 Å². The van der Waals surface area contributed by atoms with Crippen LogP contribution in [-0.4, -0.2) is 33.9 Å². The summed E-state index contributed by atoms with van der Waals surface area (Å²) in [5.41, 5.74) is 6.07. The van der Waals surface area contributed by atoms with Gasteiger partial charge in [-0.3, -0.25) is 20.4 Å². The summed E-state index contributed by atoms with van der Waals surface area (Å²) in [6, 6.07) is 13.0. The second-order valence-electron chi connectivity index (χ2n) is 7.65. The first-order chi connectivity index (χ1) is 14.0. The average Bonchev–Trinajstić information content (AvgIpc) is 2.71. The summed E-state index contributed by atoms with van der Waals surface area (Å²) in [6.45, 7) is 6.11. The number of carbonyl (C=O) groups excluding carboxylic acids is 2. The predicted octanol–water partition coefficient (Wildman–Crippen LogP) is 2.12. The molecule has 0 unspecified atom stereocenters. The van der Waals surface area contributed by atoms with E-state index in [0.717, 1.165) is 5.56 Å². The molecule has 0 heterocycles. The minimum atomic E-state index is -3.74. The van der Waals surface area contributed by atoms with Crippen LogP contribution in [0.5, 0.6) is 5.75 Å². The fourth-order valence-corrected chi connectivity index (χ4v) is 3.55. The van der Waals surface area contributed by atoms with Gasteiger partial charge in [0.1, 0.15) is 5.75 Å².